The van der Waals surface area contributed by atoms with Crippen LogP contribution in [0.2, 0.25) is 0 Å². The van der Waals surface area contributed by atoms with E-state index in [4.69, 9.17) is 4.42 Å². The molecule has 1 N–H and O–H groups in total. The molecule has 156 valence electrons. The van der Waals surface area contributed by atoms with E-state index in [-0.39, 0.29) is 18.2 Å². The van der Waals surface area contributed by atoms with E-state index in [9.17, 15) is 9.59 Å². The molecule has 1 aromatic heterocycles. The van der Waals surface area contributed by atoms with E-state index in [1.807, 2.05) is 49.1 Å². The van der Waals surface area contributed by atoms with Gasteiger partial charge in [-0.15, -0.1) is 0 Å². The highest BCUT2D eigenvalue weighted by Crippen LogP contribution is 2.30. The van der Waals surface area contributed by atoms with Gasteiger partial charge < -0.3 is 14.6 Å². The Morgan fingerprint density at radius 2 is 1.79 bits per heavy atom. The summed E-state index contributed by atoms with van der Waals surface area (Å²) in [5.74, 6) is 1.16. The third-order valence-corrected chi connectivity index (χ3v) is 5.72. The standard InChI is InChI=1S/C23H31N3O3/c1-3-26(4-2)22(28)23(15-9-6-10-16-23)25-20(27)13-14-21-24-17-19(29-21)18-11-7-5-8-12-18/h5,7-8,11-12,17H,3-4,6,9-10,13-16H2,1-2H3,(H,25,27). The number of aromatic nitrogens is 1. The van der Waals surface area contributed by atoms with Gasteiger partial charge in [-0.25, -0.2) is 4.98 Å². The van der Waals surface area contributed by atoms with Crippen LogP contribution >= 0.6 is 0 Å². The summed E-state index contributed by atoms with van der Waals surface area (Å²) in [4.78, 5) is 32.0. The van der Waals surface area contributed by atoms with E-state index in [1.165, 1.54) is 0 Å². The normalized spacial score (nSPS) is 15.7. The first kappa shape index (κ1) is 21.1. The van der Waals surface area contributed by atoms with Gasteiger partial charge in [0.15, 0.2) is 11.7 Å². The minimum Gasteiger partial charge on any atom is -0.441 e. The Bertz CT molecular complexity index is 806. The monoisotopic (exact) mass is 397 g/mol. The second-order valence-corrected chi connectivity index (χ2v) is 7.65. The molecular weight excluding hydrogens is 366 g/mol. The highest BCUT2D eigenvalue weighted by atomic mass is 16.4. The first-order valence-corrected chi connectivity index (χ1v) is 10.7. The van der Waals surface area contributed by atoms with Gasteiger partial charge in [0.25, 0.3) is 0 Å². The maximum atomic E-state index is 13.1. The SMILES string of the molecule is CCN(CC)C(=O)C1(NC(=O)CCc2ncc(-c3ccccc3)o2)CCCCC1. The molecule has 6 nitrogen and oxygen atoms in total. The van der Waals surface area contributed by atoms with Crippen molar-refractivity contribution in [1.29, 1.82) is 0 Å². The number of amides is 2. The van der Waals surface area contributed by atoms with Crippen LogP contribution in [0.15, 0.2) is 40.9 Å². The first-order chi connectivity index (χ1) is 14.1. The quantitative estimate of drug-likeness (QED) is 0.731. The highest BCUT2D eigenvalue weighted by Gasteiger charge is 2.42. The molecule has 1 fully saturated rings. The molecule has 1 aromatic carbocycles. The number of nitrogens with one attached hydrogen (secondary N) is 1. The van der Waals surface area contributed by atoms with Gasteiger partial charge >= 0.3 is 0 Å². The molecule has 0 atom stereocenters. The van der Waals surface area contributed by atoms with Crippen molar-refractivity contribution >= 4 is 11.8 Å². The third-order valence-electron chi connectivity index (χ3n) is 5.72. The van der Waals surface area contributed by atoms with Crippen molar-refractivity contribution in [1.82, 2.24) is 15.2 Å². The summed E-state index contributed by atoms with van der Waals surface area (Å²) in [6.45, 7) is 5.27. The van der Waals surface area contributed by atoms with Crippen LogP contribution in [-0.2, 0) is 16.0 Å². The van der Waals surface area contributed by atoms with Gasteiger partial charge in [0, 0.05) is 31.5 Å². The molecule has 0 saturated heterocycles. The Balaban J connectivity index is 1.62. The molecule has 2 aromatic rings. The van der Waals surface area contributed by atoms with E-state index in [0.29, 0.717) is 44.0 Å². The second-order valence-electron chi connectivity index (χ2n) is 7.65. The lowest BCUT2D eigenvalue weighted by molar-refractivity contribution is -0.143. The number of carbonyl (C=O) groups excluding carboxylic acids is 2. The van der Waals surface area contributed by atoms with Crippen molar-refractivity contribution in [3.63, 3.8) is 0 Å². The Hall–Kier alpha value is -2.63. The van der Waals surface area contributed by atoms with E-state index in [0.717, 1.165) is 24.8 Å². The summed E-state index contributed by atoms with van der Waals surface area (Å²) in [5.41, 5.74) is 0.203. The summed E-state index contributed by atoms with van der Waals surface area (Å²) in [6, 6.07) is 9.76. The highest BCUT2D eigenvalue weighted by molar-refractivity contribution is 5.91. The van der Waals surface area contributed by atoms with Crippen LogP contribution in [-0.4, -0.2) is 40.3 Å². The Labute approximate surface area is 172 Å². The lowest BCUT2D eigenvalue weighted by atomic mass is 9.80. The molecule has 0 aliphatic heterocycles. The van der Waals surface area contributed by atoms with Crippen molar-refractivity contribution in [2.75, 3.05) is 13.1 Å². The van der Waals surface area contributed by atoms with Gasteiger partial charge in [-0.05, 0) is 26.7 Å². The second kappa shape index (κ2) is 9.72. The minimum atomic E-state index is -0.757. The van der Waals surface area contributed by atoms with Crippen molar-refractivity contribution in [3.8, 4) is 11.3 Å². The molecule has 2 amide bonds. The maximum Gasteiger partial charge on any atom is 0.248 e. The molecule has 0 spiro atoms. The zero-order valence-corrected chi connectivity index (χ0v) is 17.4. The van der Waals surface area contributed by atoms with Gasteiger partial charge in [-0.2, -0.15) is 0 Å². The van der Waals surface area contributed by atoms with Crippen LogP contribution in [0.3, 0.4) is 0 Å². The Morgan fingerprint density at radius 1 is 1.10 bits per heavy atom. The third kappa shape index (κ3) is 5.05. The smallest absolute Gasteiger partial charge is 0.248 e. The number of benzene rings is 1. The molecule has 29 heavy (non-hydrogen) atoms. The summed E-state index contributed by atoms with van der Waals surface area (Å²) < 4.78 is 5.79. The average molecular weight is 398 g/mol. The number of aryl methyl sites for hydroxylation is 1. The van der Waals surface area contributed by atoms with Crippen LogP contribution in [0.4, 0.5) is 0 Å². The number of carbonyl (C=O) groups is 2. The number of rotatable bonds is 8. The molecular formula is C23H31N3O3. The molecule has 1 aliphatic carbocycles. The largest absolute Gasteiger partial charge is 0.441 e. The lowest BCUT2D eigenvalue weighted by Gasteiger charge is -2.40. The molecule has 1 heterocycles. The van der Waals surface area contributed by atoms with Gasteiger partial charge in [-0.3, -0.25) is 9.59 Å². The molecule has 0 radical (unpaired) electrons. The predicted molar refractivity (Wildman–Crippen MR) is 112 cm³/mol. The number of likely N-dealkylation sites (N-methyl/N-ethyl adjacent to an activating group) is 1. The predicted octanol–water partition coefficient (Wildman–Crippen LogP) is 3.96. The average Bonchev–Trinajstić information content (AvgIpc) is 3.23. The number of hydrogen-bond donors (Lipinski definition) is 1. The summed E-state index contributed by atoms with van der Waals surface area (Å²) in [6.07, 6.45) is 6.82. The zero-order chi connectivity index (χ0) is 20.7. The van der Waals surface area contributed by atoms with Crippen molar-refractivity contribution in [3.05, 3.63) is 42.4 Å². The van der Waals surface area contributed by atoms with Crippen LogP contribution < -0.4 is 5.32 Å². The van der Waals surface area contributed by atoms with E-state index >= 15 is 0 Å². The van der Waals surface area contributed by atoms with E-state index in [2.05, 4.69) is 10.3 Å². The number of nitrogens with zero attached hydrogens (tertiary/aromatic N) is 2. The fourth-order valence-electron chi connectivity index (χ4n) is 4.07. The van der Waals surface area contributed by atoms with Gasteiger partial charge in [-0.1, -0.05) is 49.6 Å². The van der Waals surface area contributed by atoms with Crippen LogP contribution in [0, 0.1) is 0 Å². The molecule has 6 heteroatoms. The van der Waals surface area contributed by atoms with Gasteiger partial charge in [0.1, 0.15) is 5.54 Å². The van der Waals surface area contributed by atoms with Gasteiger partial charge in [0.2, 0.25) is 11.8 Å². The summed E-state index contributed by atoms with van der Waals surface area (Å²) in [7, 11) is 0. The summed E-state index contributed by atoms with van der Waals surface area (Å²) in [5, 5.41) is 3.09. The zero-order valence-electron chi connectivity index (χ0n) is 17.4. The van der Waals surface area contributed by atoms with Crippen LogP contribution in [0.5, 0.6) is 0 Å². The number of oxazole rings is 1. The maximum absolute atomic E-state index is 13.1. The van der Waals surface area contributed by atoms with E-state index < -0.39 is 5.54 Å². The summed E-state index contributed by atoms with van der Waals surface area (Å²) >= 11 is 0. The molecule has 1 aliphatic rings. The van der Waals surface area contributed by atoms with E-state index in [1.54, 1.807) is 6.20 Å². The first-order valence-electron chi connectivity index (χ1n) is 10.7. The Morgan fingerprint density at radius 3 is 2.45 bits per heavy atom. The fraction of sp³-hybridized carbons (Fsp3) is 0.522. The molecule has 0 unspecified atom stereocenters. The van der Waals surface area contributed by atoms with Crippen molar-refractivity contribution < 1.29 is 14.0 Å². The fourth-order valence-corrected chi connectivity index (χ4v) is 4.07. The minimum absolute atomic E-state index is 0.0537. The molecule has 1 saturated carbocycles. The van der Waals surface area contributed by atoms with Gasteiger partial charge in [0.05, 0.1) is 6.20 Å². The van der Waals surface area contributed by atoms with Crippen LogP contribution in [0.25, 0.3) is 11.3 Å². The molecule has 0 bridgehead atoms. The lowest BCUT2D eigenvalue weighted by Crippen LogP contribution is -2.60. The van der Waals surface area contributed by atoms with Crippen LogP contribution in [0.1, 0.15) is 58.3 Å². The molecule has 3 rings (SSSR count). The number of hydrogen-bond acceptors (Lipinski definition) is 4. The van der Waals surface area contributed by atoms with Crippen molar-refractivity contribution in [2.45, 2.75) is 64.3 Å². The topological polar surface area (TPSA) is 75.4 Å². The Kier molecular flexibility index (Phi) is 7.07. The van der Waals surface area contributed by atoms with Crippen molar-refractivity contribution in [2.24, 2.45) is 0 Å².